The minimum Gasteiger partial charge on any atom is -0.344 e. The quantitative estimate of drug-likeness (QED) is 0.529. The summed E-state index contributed by atoms with van der Waals surface area (Å²) in [5, 5.41) is 0. The van der Waals surface area contributed by atoms with Crippen LogP contribution in [0.15, 0.2) is 0 Å². The van der Waals surface area contributed by atoms with Gasteiger partial charge in [-0.1, -0.05) is 0 Å². The summed E-state index contributed by atoms with van der Waals surface area (Å²) in [7, 11) is -4.07. The lowest BCUT2D eigenvalue weighted by atomic mass is 10.5. The molecule has 0 fully saturated rings. The molecule has 0 radical (unpaired) electrons. The summed E-state index contributed by atoms with van der Waals surface area (Å²) in [6.07, 6.45) is 0. The Kier molecular flexibility index (Phi) is 4.47. The van der Waals surface area contributed by atoms with Crippen LogP contribution in [0.2, 0.25) is 0 Å². The van der Waals surface area contributed by atoms with Crippen LogP contribution in [-0.2, 0) is 14.9 Å². The van der Waals surface area contributed by atoms with Crippen molar-refractivity contribution in [1.29, 1.82) is 0 Å². The third kappa shape index (κ3) is 11.2. The van der Waals surface area contributed by atoms with Gasteiger partial charge >= 0.3 is 0 Å². The fourth-order valence-corrected chi connectivity index (χ4v) is 0.771. The van der Waals surface area contributed by atoms with Crippen molar-refractivity contribution in [3.8, 4) is 0 Å². The van der Waals surface area contributed by atoms with Crippen LogP contribution in [0, 0.1) is 0 Å². The number of carbonyl (C=O) groups is 1. The molecule has 0 spiro atoms. The Morgan fingerprint density at radius 3 is 1.89 bits per heavy atom. The van der Waals surface area contributed by atoms with Crippen LogP contribution in [-0.4, -0.2) is 24.5 Å². The van der Waals surface area contributed by atoms with Crippen LogP contribution in [0.4, 0.5) is 0 Å². The Bertz CT molecular complexity index is 182. The monoisotopic (exact) mass is 155 g/mol. The molecule has 0 heterocycles. The van der Waals surface area contributed by atoms with E-state index in [1.807, 2.05) is 0 Å². The molecule has 0 amide bonds. The van der Waals surface area contributed by atoms with Gasteiger partial charge in [-0.2, -0.15) is 8.42 Å². The normalized spacial score (nSPS) is 10.0. The molecular formula is C3H9NO4S. The summed E-state index contributed by atoms with van der Waals surface area (Å²) in [5.41, 5.74) is 0. The average Bonchev–Trinajstić information content (AvgIpc) is 1.21. The van der Waals surface area contributed by atoms with Crippen LogP contribution in [0.1, 0.15) is 6.92 Å². The lowest BCUT2D eigenvalue weighted by Gasteiger charge is -1.86. The summed E-state index contributed by atoms with van der Waals surface area (Å²) in [4.78, 5) is 9.92. The molecule has 0 saturated heterocycles. The van der Waals surface area contributed by atoms with Crippen molar-refractivity contribution in [3.05, 3.63) is 0 Å². The maximum Gasteiger partial charge on any atom is 0.272 e. The molecule has 0 atom stereocenters. The van der Waals surface area contributed by atoms with Crippen molar-refractivity contribution in [2.45, 2.75) is 6.92 Å². The van der Waals surface area contributed by atoms with E-state index < -0.39 is 21.7 Å². The van der Waals surface area contributed by atoms with Gasteiger partial charge in [0.25, 0.3) is 10.1 Å². The number of hydrogen-bond acceptors (Lipinski definition) is 4. The minimum atomic E-state index is -4.07. The van der Waals surface area contributed by atoms with Gasteiger partial charge in [0.15, 0.2) is 0 Å². The first-order valence-electron chi connectivity index (χ1n) is 1.86. The zero-order valence-electron chi connectivity index (χ0n) is 4.99. The summed E-state index contributed by atoms with van der Waals surface area (Å²) in [5.74, 6) is -1.35. The molecular weight excluding hydrogens is 146 g/mol. The van der Waals surface area contributed by atoms with E-state index in [-0.39, 0.29) is 6.15 Å². The van der Waals surface area contributed by atoms with Gasteiger partial charge in [-0.3, -0.25) is 9.35 Å². The van der Waals surface area contributed by atoms with Crippen LogP contribution in [0.5, 0.6) is 0 Å². The smallest absolute Gasteiger partial charge is 0.272 e. The summed E-state index contributed by atoms with van der Waals surface area (Å²) < 4.78 is 27.5. The van der Waals surface area contributed by atoms with Gasteiger partial charge < -0.3 is 6.15 Å². The van der Waals surface area contributed by atoms with Crippen molar-refractivity contribution >= 4 is 15.9 Å². The minimum absolute atomic E-state index is 0. The maximum absolute atomic E-state index is 9.92. The molecule has 0 aromatic carbocycles. The Balaban J connectivity index is 0. The third-order valence-corrected chi connectivity index (χ3v) is 1.16. The molecule has 0 aromatic rings. The molecule has 0 saturated carbocycles. The molecule has 6 heteroatoms. The van der Waals surface area contributed by atoms with E-state index >= 15 is 0 Å². The fourth-order valence-electron chi connectivity index (χ4n) is 0.257. The van der Waals surface area contributed by atoms with Crippen LogP contribution in [0.3, 0.4) is 0 Å². The van der Waals surface area contributed by atoms with E-state index in [1.165, 1.54) is 0 Å². The predicted molar refractivity (Wildman–Crippen MR) is 32.1 cm³/mol. The van der Waals surface area contributed by atoms with E-state index in [4.69, 9.17) is 4.55 Å². The highest BCUT2D eigenvalue weighted by atomic mass is 32.2. The number of carbonyl (C=O) groups excluding carboxylic acids is 1. The topological polar surface area (TPSA) is 106 Å². The van der Waals surface area contributed by atoms with Crippen molar-refractivity contribution in [3.63, 3.8) is 0 Å². The summed E-state index contributed by atoms with van der Waals surface area (Å²) in [6.45, 7) is 1.09. The second-order valence-electron chi connectivity index (χ2n) is 1.43. The van der Waals surface area contributed by atoms with Crippen LogP contribution < -0.4 is 6.15 Å². The molecule has 0 rings (SSSR count). The number of ketones is 1. The van der Waals surface area contributed by atoms with Gasteiger partial charge in [-0.15, -0.1) is 0 Å². The van der Waals surface area contributed by atoms with Gasteiger partial charge in [-0.05, 0) is 6.92 Å². The fraction of sp³-hybridized carbons (Fsp3) is 0.667. The Morgan fingerprint density at radius 1 is 1.56 bits per heavy atom. The molecule has 0 unspecified atom stereocenters. The van der Waals surface area contributed by atoms with Gasteiger partial charge in [0.05, 0.1) is 0 Å². The summed E-state index contributed by atoms with van der Waals surface area (Å²) in [6, 6.07) is 0. The second-order valence-corrected chi connectivity index (χ2v) is 2.88. The van der Waals surface area contributed by atoms with Gasteiger partial charge in [0.1, 0.15) is 11.5 Å². The number of Topliss-reactive ketones (excluding diaryl/α,β-unsaturated/α-hetero) is 1. The number of rotatable bonds is 2. The lowest BCUT2D eigenvalue weighted by Crippen LogP contribution is -2.10. The Hall–Kier alpha value is -0.460. The molecule has 5 nitrogen and oxygen atoms in total. The molecule has 0 aromatic heterocycles. The molecule has 56 valence electrons. The Morgan fingerprint density at radius 2 is 1.89 bits per heavy atom. The van der Waals surface area contributed by atoms with Crippen LogP contribution >= 0.6 is 0 Å². The highest BCUT2D eigenvalue weighted by molar-refractivity contribution is 7.86. The first-order valence-corrected chi connectivity index (χ1v) is 3.47. The van der Waals surface area contributed by atoms with Gasteiger partial charge in [-0.25, -0.2) is 0 Å². The largest absolute Gasteiger partial charge is 0.344 e. The van der Waals surface area contributed by atoms with Gasteiger partial charge in [0, 0.05) is 0 Å². The molecule has 0 bridgehead atoms. The molecule has 4 N–H and O–H groups in total. The van der Waals surface area contributed by atoms with E-state index in [9.17, 15) is 13.2 Å². The first-order chi connectivity index (χ1) is 3.42. The SMILES string of the molecule is CC(=O)CS(=O)(=O)O.N. The van der Waals surface area contributed by atoms with E-state index in [0.29, 0.717) is 0 Å². The van der Waals surface area contributed by atoms with Crippen molar-refractivity contribution in [1.82, 2.24) is 6.15 Å². The highest BCUT2D eigenvalue weighted by Crippen LogP contribution is 1.80. The van der Waals surface area contributed by atoms with Crippen molar-refractivity contribution in [2.24, 2.45) is 0 Å². The van der Waals surface area contributed by atoms with Crippen molar-refractivity contribution in [2.75, 3.05) is 5.75 Å². The average molecular weight is 155 g/mol. The van der Waals surface area contributed by atoms with E-state index in [1.54, 1.807) is 0 Å². The number of hydrogen-bond donors (Lipinski definition) is 2. The molecule has 0 aliphatic heterocycles. The van der Waals surface area contributed by atoms with E-state index in [2.05, 4.69) is 0 Å². The Labute approximate surface area is 53.4 Å². The summed E-state index contributed by atoms with van der Waals surface area (Å²) >= 11 is 0. The van der Waals surface area contributed by atoms with Crippen molar-refractivity contribution < 1.29 is 17.8 Å². The highest BCUT2D eigenvalue weighted by Gasteiger charge is 2.06. The predicted octanol–water partition coefficient (Wildman–Crippen LogP) is -0.375. The molecule has 0 aliphatic carbocycles. The van der Waals surface area contributed by atoms with Crippen LogP contribution in [0.25, 0.3) is 0 Å². The zero-order chi connectivity index (χ0) is 6.78. The van der Waals surface area contributed by atoms with Gasteiger partial charge in [0.2, 0.25) is 0 Å². The zero-order valence-corrected chi connectivity index (χ0v) is 5.81. The molecule has 0 aliphatic rings. The van der Waals surface area contributed by atoms with E-state index in [0.717, 1.165) is 6.92 Å². The first kappa shape index (κ1) is 11.4. The third-order valence-electron chi connectivity index (χ3n) is 0.386. The standard InChI is InChI=1S/C3H6O4S.H3N/c1-3(4)2-8(5,6)7;/h2H2,1H3,(H,5,6,7);1H3. The molecule has 9 heavy (non-hydrogen) atoms. The second kappa shape index (κ2) is 3.54. The lowest BCUT2D eigenvalue weighted by molar-refractivity contribution is -0.114. The maximum atomic E-state index is 9.92.